The standard InChI is InChI=1S/C13H24O/c1-11(2)8-9-13(14)10-12-6-4-3-5-7-12/h11-12H,3-10H2,1-2H3. The molecule has 0 N–H and O–H groups in total. The molecule has 1 aliphatic carbocycles. The molecule has 1 fully saturated rings. The summed E-state index contributed by atoms with van der Waals surface area (Å²) in [5.74, 6) is 1.90. The largest absolute Gasteiger partial charge is 0.300 e. The maximum absolute atomic E-state index is 11.6. The van der Waals surface area contributed by atoms with Crippen molar-refractivity contribution in [2.24, 2.45) is 11.8 Å². The number of ketones is 1. The van der Waals surface area contributed by atoms with E-state index in [0.717, 1.165) is 25.2 Å². The van der Waals surface area contributed by atoms with Crippen LogP contribution in [0.3, 0.4) is 0 Å². The molecule has 0 unspecified atom stereocenters. The van der Waals surface area contributed by atoms with Gasteiger partial charge in [-0.2, -0.15) is 0 Å². The van der Waals surface area contributed by atoms with Crippen molar-refractivity contribution in [1.29, 1.82) is 0 Å². The first-order valence-corrected chi connectivity index (χ1v) is 6.20. The number of rotatable bonds is 5. The van der Waals surface area contributed by atoms with Crippen LogP contribution in [0.4, 0.5) is 0 Å². The summed E-state index contributed by atoms with van der Waals surface area (Å²) in [6, 6.07) is 0. The van der Waals surface area contributed by atoms with E-state index in [4.69, 9.17) is 0 Å². The number of carbonyl (C=O) groups is 1. The van der Waals surface area contributed by atoms with E-state index in [1.54, 1.807) is 0 Å². The Morgan fingerprint density at radius 1 is 1.21 bits per heavy atom. The third-order valence-corrected chi connectivity index (χ3v) is 3.24. The number of Topliss-reactive ketones (excluding diaryl/α,β-unsaturated/α-hetero) is 1. The van der Waals surface area contributed by atoms with E-state index in [1.807, 2.05) is 0 Å². The highest BCUT2D eigenvalue weighted by atomic mass is 16.1. The highest BCUT2D eigenvalue weighted by Gasteiger charge is 2.16. The average Bonchev–Trinajstić information content (AvgIpc) is 2.16. The molecule has 0 heterocycles. The molecule has 1 rings (SSSR count). The highest BCUT2D eigenvalue weighted by molar-refractivity contribution is 5.78. The molecule has 0 radical (unpaired) electrons. The summed E-state index contributed by atoms with van der Waals surface area (Å²) in [6.07, 6.45) is 9.44. The van der Waals surface area contributed by atoms with Crippen LogP contribution in [0.1, 0.15) is 65.2 Å². The van der Waals surface area contributed by atoms with Crippen molar-refractivity contribution in [2.75, 3.05) is 0 Å². The lowest BCUT2D eigenvalue weighted by molar-refractivity contribution is -0.120. The van der Waals surface area contributed by atoms with E-state index >= 15 is 0 Å². The highest BCUT2D eigenvalue weighted by Crippen LogP contribution is 2.27. The van der Waals surface area contributed by atoms with Crippen molar-refractivity contribution in [1.82, 2.24) is 0 Å². The Morgan fingerprint density at radius 3 is 2.43 bits per heavy atom. The monoisotopic (exact) mass is 196 g/mol. The summed E-state index contributed by atoms with van der Waals surface area (Å²) >= 11 is 0. The zero-order valence-electron chi connectivity index (χ0n) is 9.72. The number of hydrogen-bond donors (Lipinski definition) is 0. The Kier molecular flexibility index (Phi) is 5.21. The second kappa shape index (κ2) is 6.21. The molecular weight excluding hydrogens is 172 g/mol. The van der Waals surface area contributed by atoms with E-state index in [2.05, 4.69) is 13.8 Å². The molecule has 0 aromatic carbocycles. The predicted octanol–water partition coefficient (Wildman–Crippen LogP) is 3.96. The van der Waals surface area contributed by atoms with Crippen LogP contribution in [0.25, 0.3) is 0 Å². The molecule has 82 valence electrons. The predicted molar refractivity (Wildman–Crippen MR) is 60.3 cm³/mol. The van der Waals surface area contributed by atoms with E-state index in [-0.39, 0.29) is 0 Å². The zero-order chi connectivity index (χ0) is 10.4. The molecule has 1 nitrogen and oxygen atoms in total. The van der Waals surface area contributed by atoms with Crippen LogP contribution in [-0.2, 0) is 4.79 Å². The lowest BCUT2D eigenvalue weighted by atomic mass is 9.85. The van der Waals surface area contributed by atoms with Crippen LogP contribution in [0, 0.1) is 11.8 Å². The Labute approximate surface area is 88.3 Å². The fourth-order valence-electron chi connectivity index (χ4n) is 2.26. The minimum absolute atomic E-state index is 0.505. The van der Waals surface area contributed by atoms with Gasteiger partial charge in [0.2, 0.25) is 0 Å². The number of hydrogen-bond acceptors (Lipinski definition) is 1. The molecule has 1 aliphatic rings. The molecule has 0 spiro atoms. The van der Waals surface area contributed by atoms with Gasteiger partial charge in [0.15, 0.2) is 0 Å². The topological polar surface area (TPSA) is 17.1 Å². The Balaban J connectivity index is 2.12. The van der Waals surface area contributed by atoms with Gasteiger partial charge in [-0.15, -0.1) is 0 Å². The summed E-state index contributed by atoms with van der Waals surface area (Å²) in [5, 5.41) is 0. The minimum atomic E-state index is 0.505. The van der Waals surface area contributed by atoms with Gasteiger partial charge in [-0.3, -0.25) is 4.79 Å². The summed E-state index contributed by atoms with van der Waals surface area (Å²) in [7, 11) is 0. The van der Waals surface area contributed by atoms with Gasteiger partial charge in [-0.25, -0.2) is 0 Å². The Hall–Kier alpha value is -0.330. The fourth-order valence-corrected chi connectivity index (χ4v) is 2.26. The summed E-state index contributed by atoms with van der Waals surface area (Å²) in [4.78, 5) is 11.6. The fraction of sp³-hybridized carbons (Fsp3) is 0.923. The maximum atomic E-state index is 11.6. The second-order valence-electron chi connectivity index (χ2n) is 5.18. The average molecular weight is 196 g/mol. The lowest BCUT2D eigenvalue weighted by Gasteiger charge is -2.20. The first-order chi connectivity index (χ1) is 6.68. The van der Waals surface area contributed by atoms with Crippen molar-refractivity contribution in [3.05, 3.63) is 0 Å². The molecule has 0 amide bonds. The lowest BCUT2D eigenvalue weighted by Crippen LogP contribution is -2.12. The molecule has 0 aromatic rings. The van der Waals surface area contributed by atoms with Crippen molar-refractivity contribution in [3.63, 3.8) is 0 Å². The minimum Gasteiger partial charge on any atom is -0.300 e. The van der Waals surface area contributed by atoms with Gasteiger partial charge in [-0.1, -0.05) is 46.0 Å². The van der Waals surface area contributed by atoms with Crippen LogP contribution in [-0.4, -0.2) is 5.78 Å². The number of carbonyl (C=O) groups excluding carboxylic acids is 1. The molecule has 0 atom stereocenters. The molecule has 1 heteroatoms. The molecule has 0 bridgehead atoms. The van der Waals surface area contributed by atoms with Gasteiger partial charge < -0.3 is 0 Å². The molecule has 0 aromatic heterocycles. The van der Waals surface area contributed by atoms with Crippen molar-refractivity contribution < 1.29 is 4.79 Å². The van der Waals surface area contributed by atoms with Gasteiger partial charge in [0.1, 0.15) is 5.78 Å². The summed E-state index contributed by atoms with van der Waals surface area (Å²) in [5.41, 5.74) is 0. The van der Waals surface area contributed by atoms with Gasteiger partial charge in [-0.05, 0) is 18.3 Å². The van der Waals surface area contributed by atoms with Gasteiger partial charge in [0.05, 0.1) is 0 Å². The molecule has 1 saturated carbocycles. The SMILES string of the molecule is CC(C)CCC(=O)CC1CCCCC1. The van der Waals surface area contributed by atoms with E-state index in [0.29, 0.717) is 11.7 Å². The van der Waals surface area contributed by atoms with E-state index in [9.17, 15) is 4.79 Å². The van der Waals surface area contributed by atoms with Crippen LogP contribution in [0.15, 0.2) is 0 Å². The molecule has 0 aliphatic heterocycles. The van der Waals surface area contributed by atoms with Crippen molar-refractivity contribution in [2.45, 2.75) is 65.2 Å². The van der Waals surface area contributed by atoms with Crippen LogP contribution >= 0.6 is 0 Å². The molecule has 0 saturated heterocycles. The Morgan fingerprint density at radius 2 is 1.86 bits per heavy atom. The first-order valence-electron chi connectivity index (χ1n) is 6.20. The summed E-state index contributed by atoms with van der Waals surface area (Å²) < 4.78 is 0. The quantitative estimate of drug-likeness (QED) is 0.650. The zero-order valence-corrected chi connectivity index (χ0v) is 9.72. The van der Waals surface area contributed by atoms with Gasteiger partial charge in [0, 0.05) is 12.8 Å². The summed E-state index contributed by atoms with van der Waals surface area (Å²) in [6.45, 7) is 4.38. The van der Waals surface area contributed by atoms with Crippen LogP contribution in [0.2, 0.25) is 0 Å². The Bertz CT molecular complexity index is 166. The molecule has 14 heavy (non-hydrogen) atoms. The second-order valence-corrected chi connectivity index (χ2v) is 5.18. The van der Waals surface area contributed by atoms with Gasteiger partial charge in [0.25, 0.3) is 0 Å². The third kappa shape index (κ3) is 4.78. The normalized spacial score (nSPS) is 18.8. The van der Waals surface area contributed by atoms with Gasteiger partial charge >= 0.3 is 0 Å². The van der Waals surface area contributed by atoms with Crippen molar-refractivity contribution >= 4 is 5.78 Å². The third-order valence-electron chi connectivity index (χ3n) is 3.24. The van der Waals surface area contributed by atoms with Crippen molar-refractivity contribution in [3.8, 4) is 0 Å². The maximum Gasteiger partial charge on any atom is 0.133 e. The smallest absolute Gasteiger partial charge is 0.133 e. The first kappa shape index (κ1) is 11.7. The van der Waals surface area contributed by atoms with Crippen LogP contribution < -0.4 is 0 Å². The molecular formula is C13H24O. The van der Waals surface area contributed by atoms with Crippen LogP contribution in [0.5, 0.6) is 0 Å². The van der Waals surface area contributed by atoms with E-state index in [1.165, 1.54) is 32.1 Å². The van der Waals surface area contributed by atoms with E-state index < -0.39 is 0 Å².